The molecule has 112 valence electrons. The second kappa shape index (κ2) is 6.87. The normalized spacial score (nSPS) is 18.9. The van der Waals surface area contributed by atoms with Crippen LogP contribution in [0.25, 0.3) is 0 Å². The lowest BCUT2D eigenvalue weighted by Crippen LogP contribution is -2.50. The van der Waals surface area contributed by atoms with E-state index in [-0.39, 0.29) is 5.54 Å². The van der Waals surface area contributed by atoms with Gasteiger partial charge in [0.25, 0.3) is 0 Å². The molecule has 0 aromatic heterocycles. The first-order valence-corrected chi connectivity index (χ1v) is 8.71. The van der Waals surface area contributed by atoms with E-state index in [9.17, 15) is 0 Å². The third kappa shape index (κ3) is 3.27. The van der Waals surface area contributed by atoms with Crippen LogP contribution in [0.5, 0.6) is 0 Å². The molecule has 20 heavy (non-hydrogen) atoms. The van der Waals surface area contributed by atoms with Gasteiger partial charge in [-0.15, -0.1) is 0 Å². The van der Waals surface area contributed by atoms with Crippen LogP contribution in [0.1, 0.15) is 33.1 Å². The minimum absolute atomic E-state index is 0.166. The number of benzene rings is 1. The highest BCUT2D eigenvalue weighted by molar-refractivity contribution is 9.10. The van der Waals surface area contributed by atoms with Crippen LogP contribution in [-0.2, 0) is 0 Å². The van der Waals surface area contributed by atoms with Crippen LogP contribution in [0.4, 0.5) is 5.69 Å². The standard InChI is InChI=1S/C15H21BrCl2N2/c1-3-15(4-2)10-20(9-5-8-19-15)12-7-6-11(16)13(17)14(12)18/h6-7,19H,3-5,8-10H2,1-2H3. The summed E-state index contributed by atoms with van der Waals surface area (Å²) in [5.41, 5.74) is 1.20. The molecule has 1 aliphatic rings. The number of hydrogen-bond acceptors (Lipinski definition) is 2. The highest BCUT2D eigenvalue weighted by Gasteiger charge is 2.31. The first kappa shape index (κ1) is 16.4. The largest absolute Gasteiger partial charge is 0.368 e. The highest BCUT2D eigenvalue weighted by atomic mass is 79.9. The van der Waals surface area contributed by atoms with E-state index in [1.807, 2.05) is 6.07 Å². The summed E-state index contributed by atoms with van der Waals surface area (Å²) >= 11 is 16.1. The van der Waals surface area contributed by atoms with Crippen LogP contribution in [0.15, 0.2) is 16.6 Å². The second-order valence-electron chi connectivity index (χ2n) is 5.38. The fourth-order valence-electron chi connectivity index (χ4n) is 2.81. The molecule has 1 aromatic rings. The molecule has 0 spiro atoms. The Kier molecular flexibility index (Phi) is 5.63. The van der Waals surface area contributed by atoms with Gasteiger partial charge in [-0.1, -0.05) is 37.0 Å². The quantitative estimate of drug-likeness (QED) is 0.733. The van der Waals surface area contributed by atoms with E-state index in [2.05, 4.69) is 46.1 Å². The third-order valence-corrected chi connectivity index (χ3v) is 6.07. The Morgan fingerprint density at radius 2 is 1.95 bits per heavy atom. The highest BCUT2D eigenvalue weighted by Crippen LogP contribution is 2.38. The number of anilines is 1. The van der Waals surface area contributed by atoms with Crippen molar-refractivity contribution in [3.63, 3.8) is 0 Å². The molecule has 2 nitrogen and oxygen atoms in total. The van der Waals surface area contributed by atoms with Crippen molar-refractivity contribution in [3.8, 4) is 0 Å². The molecule has 0 amide bonds. The lowest BCUT2D eigenvalue weighted by atomic mass is 9.92. The molecule has 0 unspecified atom stereocenters. The number of halogens is 3. The third-order valence-electron chi connectivity index (χ3n) is 4.31. The number of nitrogens with zero attached hydrogens (tertiary/aromatic N) is 1. The Labute approximate surface area is 139 Å². The molecular formula is C15H21BrCl2N2. The maximum absolute atomic E-state index is 6.44. The molecule has 1 aromatic carbocycles. The van der Waals surface area contributed by atoms with Crippen molar-refractivity contribution < 1.29 is 0 Å². The van der Waals surface area contributed by atoms with Gasteiger partial charge < -0.3 is 10.2 Å². The molecular weight excluding hydrogens is 359 g/mol. The topological polar surface area (TPSA) is 15.3 Å². The van der Waals surface area contributed by atoms with E-state index in [1.54, 1.807) is 0 Å². The van der Waals surface area contributed by atoms with Crippen molar-refractivity contribution in [2.24, 2.45) is 0 Å². The van der Waals surface area contributed by atoms with Crippen molar-refractivity contribution in [3.05, 3.63) is 26.7 Å². The zero-order chi connectivity index (χ0) is 14.8. The number of nitrogens with one attached hydrogen (secondary N) is 1. The van der Waals surface area contributed by atoms with E-state index in [4.69, 9.17) is 23.2 Å². The number of rotatable bonds is 3. The first-order valence-electron chi connectivity index (χ1n) is 7.16. The maximum atomic E-state index is 6.44. The predicted molar refractivity (Wildman–Crippen MR) is 92.3 cm³/mol. The van der Waals surface area contributed by atoms with E-state index in [0.29, 0.717) is 10.0 Å². The Balaban J connectivity index is 2.34. The Morgan fingerprint density at radius 3 is 2.60 bits per heavy atom. The minimum Gasteiger partial charge on any atom is -0.368 e. The van der Waals surface area contributed by atoms with Crippen molar-refractivity contribution in [2.75, 3.05) is 24.5 Å². The molecule has 2 rings (SSSR count). The second-order valence-corrected chi connectivity index (χ2v) is 6.99. The molecule has 0 radical (unpaired) electrons. The van der Waals surface area contributed by atoms with E-state index >= 15 is 0 Å². The molecule has 1 saturated heterocycles. The van der Waals surface area contributed by atoms with Gasteiger partial charge >= 0.3 is 0 Å². The Morgan fingerprint density at radius 1 is 1.25 bits per heavy atom. The fourth-order valence-corrected chi connectivity index (χ4v) is 3.70. The summed E-state index contributed by atoms with van der Waals surface area (Å²) < 4.78 is 0.845. The van der Waals surface area contributed by atoms with Crippen LogP contribution in [0.3, 0.4) is 0 Å². The molecule has 1 aliphatic heterocycles. The van der Waals surface area contributed by atoms with Gasteiger partial charge in [-0.2, -0.15) is 0 Å². The van der Waals surface area contributed by atoms with E-state index in [0.717, 1.165) is 49.1 Å². The van der Waals surface area contributed by atoms with Crippen LogP contribution in [-0.4, -0.2) is 25.2 Å². The zero-order valence-corrected chi connectivity index (χ0v) is 15.1. The van der Waals surface area contributed by atoms with Gasteiger partial charge in [-0.3, -0.25) is 0 Å². The van der Waals surface area contributed by atoms with Crippen LogP contribution < -0.4 is 10.2 Å². The maximum Gasteiger partial charge on any atom is 0.0837 e. The monoisotopic (exact) mass is 378 g/mol. The molecule has 1 fully saturated rings. The average molecular weight is 380 g/mol. The van der Waals surface area contributed by atoms with Crippen molar-refractivity contribution >= 4 is 44.8 Å². The predicted octanol–water partition coefficient (Wildman–Crippen LogP) is 5.11. The Bertz CT molecular complexity index is 475. The lowest BCUT2D eigenvalue weighted by molar-refractivity contribution is 0.321. The van der Waals surface area contributed by atoms with Gasteiger partial charge in [0, 0.05) is 23.1 Å². The van der Waals surface area contributed by atoms with Crippen molar-refractivity contribution in [1.82, 2.24) is 5.32 Å². The number of hydrogen-bond donors (Lipinski definition) is 1. The van der Waals surface area contributed by atoms with E-state index in [1.165, 1.54) is 0 Å². The fraction of sp³-hybridized carbons (Fsp3) is 0.600. The minimum atomic E-state index is 0.166. The summed E-state index contributed by atoms with van der Waals surface area (Å²) in [6, 6.07) is 4.03. The molecule has 5 heteroatoms. The van der Waals surface area contributed by atoms with Gasteiger partial charge in [0.05, 0.1) is 15.7 Å². The SMILES string of the molecule is CCC1(CC)CN(c2ccc(Br)c(Cl)c2Cl)CCCN1. The molecule has 1 N–H and O–H groups in total. The van der Waals surface area contributed by atoms with Crippen LogP contribution in [0.2, 0.25) is 10.0 Å². The summed E-state index contributed by atoms with van der Waals surface area (Å²) in [7, 11) is 0. The summed E-state index contributed by atoms with van der Waals surface area (Å²) in [6.07, 6.45) is 3.34. The van der Waals surface area contributed by atoms with Gasteiger partial charge in [0.2, 0.25) is 0 Å². The summed E-state index contributed by atoms with van der Waals surface area (Å²) in [5.74, 6) is 0. The van der Waals surface area contributed by atoms with Gasteiger partial charge in [0.1, 0.15) is 0 Å². The van der Waals surface area contributed by atoms with E-state index < -0.39 is 0 Å². The smallest absolute Gasteiger partial charge is 0.0837 e. The molecule has 0 bridgehead atoms. The molecule has 1 heterocycles. The molecule has 0 aliphatic carbocycles. The zero-order valence-electron chi connectivity index (χ0n) is 12.0. The summed E-state index contributed by atoms with van der Waals surface area (Å²) in [5, 5.41) is 4.95. The lowest BCUT2D eigenvalue weighted by Gasteiger charge is -2.36. The molecule has 0 atom stereocenters. The summed E-state index contributed by atoms with van der Waals surface area (Å²) in [6.45, 7) is 7.52. The Hall–Kier alpha value is 0.0400. The van der Waals surface area contributed by atoms with Gasteiger partial charge in [-0.05, 0) is 53.9 Å². The van der Waals surface area contributed by atoms with Gasteiger partial charge in [-0.25, -0.2) is 0 Å². The van der Waals surface area contributed by atoms with Crippen molar-refractivity contribution in [1.29, 1.82) is 0 Å². The first-order chi connectivity index (χ1) is 9.53. The summed E-state index contributed by atoms with van der Waals surface area (Å²) in [4.78, 5) is 2.37. The average Bonchev–Trinajstić information content (AvgIpc) is 2.68. The molecule has 0 saturated carbocycles. The van der Waals surface area contributed by atoms with Crippen LogP contribution >= 0.6 is 39.1 Å². The van der Waals surface area contributed by atoms with Crippen molar-refractivity contribution in [2.45, 2.75) is 38.6 Å². The van der Waals surface area contributed by atoms with Crippen LogP contribution in [0, 0.1) is 0 Å². The van der Waals surface area contributed by atoms with Gasteiger partial charge in [0.15, 0.2) is 0 Å².